The van der Waals surface area contributed by atoms with Gasteiger partial charge in [0.15, 0.2) is 0 Å². The van der Waals surface area contributed by atoms with Crippen molar-refractivity contribution in [3.63, 3.8) is 0 Å². The Hall–Kier alpha value is -7.56. The smallest absolute Gasteiger partial charge is 0.252 e. The molecule has 0 saturated carbocycles. The van der Waals surface area contributed by atoms with Crippen LogP contribution >= 0.6 is 0 Å². The lowest BCUT2D eigenvalue weighted by Crippen LogP contribution is -2.62. The predicted molar refractivity (Wildman–Crippen MR) is 366 cm³/mol. The average Bonchev–Trinajstić information content (AvgIpc) is 1.32. The third-order valence-electron chi connectivity index (χ3n) is 20.9. The van der Waals surface area contributed by atoms with Crippen LogP contribution in [0.15, 0.2) is 170 Å². The summed E-state index contributed by atoms with van der Waals surface area (Å²) < 4.78 is 0. The lowest BCUT2D eigenvalue weighted by Gasteiger charge is -2.49. The van der Waals surface area contributed by atoms with E-state index in [9.17, 15) is 0 Å². The van der Waals surface area contributed by atoms with E-state index in [1.807, 2.05) is 0 Å². The van der Waals surface area contributed by atoms with Gasteiger partial charge in [0.2, 0.25) is 0 Å². The molecule has 0 amide bonds. The molecule has 4 heteroatoms. The second kappa shape index (κ2) is 18.2. The van der Waals surface area contributed by atoms with E-state index in [4.69, 9.17) is 0 Å². The van der Waals surface area contributed by atoms with E-state index in [0.29, 0.717) is 0 Å². The van der Waals surface area contributed by atoms with E-state index in [0.717, 1.165) is 29.9 Å². The maximum atomic E-state index is 2.76. The topological polar surface area (TPSA) is 9.72 Å². The van der Waals surface area contributed by atoms with Crippen LogP contribution in [-0.4, -0.2) is 6.71 Å². The maximum absolute atomic E-state index is 2.76. The Labute approximate surface area is 509 Å². The highest BCUT2D eigenvalue weighted by molar-refractivity contribution is 7.00. The normalized spacial score (nSPS) is 17.0. The monoisotopic (exact) mass is 1110 g/mol. The lowest BCUT2D eigenvalue weighted by molar-refractivity contribution is 0.403. The number of aryl methyl sites for hydroxylation is 1. The molecule has 14 rings (SSSR count). The zero-order valence-corrected chi connectivity index (χ0v) is 54.0. The molecule has 0 atom stereocenters. The molecule has 5 aliphatic rings. The average molecular weight is 1110 g/mol. The molecule has 3 aliphatic carbocycles. The van der Waals surface area contributed by atoms with Gasteiger partial charge in [-0.3, -0.25) is 0 Å². The zero-order chi connectivity index (χ0) is 60.0. The highest BCUT2D eigenvalue weighted by Crippen LogP contribution is 2.57. The van der Waals surface area contributed by atoms with Crippen LogP contribution in [0, 0.1) is 6.92 Å². The summed E-state index contributed by atoms with van der Waals surface area (Å²) in [5.41, 5.74) is 33.7. The van der Waals surface area contributed by atoms with Crippen molar-refractivity contribution in [1.82, 2.24) is 0 Å². The number of hydrogen-bond donors (Lipinski definition) is 0. The van der Waals surface area contributed by atoms with Gasteiger partial charge in [-0.25, -0.2) is 0 Å². The largest absolute Gasteiger partial charge is 0.311 e. The van der Waals surface area contributed by atoms with E-state index < -0.39 is 0 Å². The highest BCUT2D eigenvalue weighted by atomic mass is 15.2. The van der Waals surface area contributed by atoms with Gasteiger partial charge in [0, 0.05) is 57.1 Å². The van der Waals surface area contributed by atoms with Crippen molar-refractivity contribution in [2.75, 3.05) is 14.7 Å². The van der Waals surface area contributed by atoms with E-state index >= 15 is 0 Å². The van der Waals surface area contributed by atoms with Crippen molar-refractivity contribution >= 4 is 74.3 Å². The van der Waals surface area contributed by atoms with Crippen molar-refractivity contribution in [1.29, 1.82) is 0 Å². The first-order valence-corrected chi connectivity index (χ1v) is 31.5. The van der Waals surface area contributed by atoms with Crippen LogP contribution in [0.1, 0.15) is 191 Å². The Balaban J connectivity index is 1.16. The van der Waals surface area contributed by atoms with Gasteiger partial charge in [0.1, 0.15) is 0 Å². The quantitative estimate of drug-likeness (QED) is 0.159. The van der Waals surface area contributed by atoms with E-state index in [1.165, 1.54) is 128 Å². The minimum Gasteiger partial charge on any atom is -0.311 e. The fourth-order valence-corrected chi connectivity index (χ4v) is 16.4. The van der Waals surface area contributed by atoms with Gasteiger partial charge < -0.3 is 14.7 Å². The standard InChI is InChI=1S/C81H86BN3/c1-49-40-53(77(8,9)10)34-39-68(49)84-70-46-63-62(78(11,12)48-79(63,13)14)44-66(70)82-67-45-64-65(81(17,18)61-28-22-21-27-60(61)80(64,15)16)47-71(67)85(69-29-23-26-58-57-25-20-19-24-50(57)41-59(58)69)73-43-56(42-72(84)74(73)82)83(54-35-30-51(31-36-54)75(2,3)4)55-37-32-52(33-38-55)76(5,6)7/h19-40,42-47H,41,48H2,1-18H3. The van der Waals surface area contributed by atoms with Gasteiger partial charge in [-0.1, -0.05) is 227 Å². The van der Waals surface area contributed by atoms with Crippen molar-refractivity contribution in [2.24, 2.45) is 0 Å². The summed E-state index contributed by atoms with van der Waals surface area (Å²) in [6.45, 7) is 43.1. The molecule has 85 heavy (non-hydrogen) atoms. The number of anilines is 9. The van der Waals surface area contributed by atoms with Crippen LogP contribution in [0.25, 0.3) is 11.1 Å². The molecule has 0 unspecified atom stereocenters. The Morgan fingerprint density at radius 3 is 1.39 bits per heavy atom. The van der Waals surface area contributed by atoms with Gasteiger partial charge in [-0.2, -0.15) is 0 Å². The molecular formula is C81H86BN3. The van der Waals surface area contributed by atoms with Gasteiger partial charge in [-0.15, -0.1) is 0 Å². The molecule has 0 spiro atoms. The third kappa shape index (κ3) is 8.34. The molecule has 0 saturated heterocycles. The van der Waals surface area contributed by atoms with Gasteiger partial charge >= 0.3 is 0 Å². The Morgan fingerprint density at radius 2 is 0.847 bits per heavy atom. The summed E-state index contributed by atoms with van der Waals surface area (Å²) in [5, 5.41) is 0. The molecule has 0 bridgehead atoms. The number of rotatable bonds is 5. The van der Waals surface area contributed by atoms with E-state index in [1.54, 1.807) is 0 Å². The van der Waals surface area contributed by atoms with Gasteiger partial charge in [0.05, 0.1) is 11.4 Å². The first-order chi connectivity index (χ1) is 39.9. The predicted octanol–water partition coefficient (Wildman–Crippen LogP) is 19.9. The first-order valence-electron chi connectivity index (χ1n) is 31.5. The minimum atomic E-state index is -0.270. The zero-order valence-electron chi connectivity index (χ0n) is 54.0. The summed E-state index contributed by atoms with van der Waals surface area (Å²) in [6, 6.07) is 67.7. The number of benzene rings is 9. The second-order valence-electron chi connectivity index (χ2n) is 31.5. The Morgan fingerprint density at radius 1 is 0.388 bits per heavy atom. The Kier molecular flexibility index (Phi) is 11.9. The van der Waals surface area contributed by atoms with Crippen LogP contribution in [0.4, 0.5) is 51.2 Å². The summed E-state index contributed by atoms with van der Waals surface area (Å²) in [7, 11) is 0. The minimum absolute atomic E-state index is 0.00445. The number of hydrogen-bond acceptors (Lipinski definition) is 3. The Bertz CT molecular complexity index is 4200. The van der Waals surface area contributed by atoms with Crippen molar-refractivity contribution in [3.05, 3.63) is 237 Å². The molecule has 2 aliphatic heterocycles. The molecule has 3 nitrogen and oxygen atoms in total. The molecular weight excluding hydrogens is 1030 g/mol. The summed E-state index contributed by atoms with van der Waals surface area (Å²) in [4.78, 5) is 8.03. The van der Waals surface area contributed by atoms with Crippen LogP contribution in [-0.2, 0) is 44.3 Å². The number of nitrogens with zero attached hydrogens (tertiary/aromatic N) is 3. The van der Waals surface area contributed by atoms with Crippen molar-refractivity contribution < 1.29 is 0 Å². The fraction of sp³-hybridized carbons (Fsp3) is 0.333. The molecule has 0 aromatic heterocycles. The molecule has 428 valence electrons. The fourth-order valence-electron chi connectivity index (χ4n) is 16.4. The molecule has 9 aromatic carbocycles. The molecule has 0 fully saturated rings. The van der Waals surface area contributed by atoms with Crippen LogP contribution in [0.3, 0.4) is 0 Å². The van der Waals surface area contributed by atoms with Gasteiger partial charge in [0.25, 0.3) is 6.71 Å². The first kappa shape index (κ1) is 55.3. The van der Waals surface area contributed by atoms with E-state index in [-0.39, 0.29) is 44.6 Å². The summed E-state index contributed by atoms with van der Waals surface area (Å²) in [6.07, 6.45) is 1.96. The SMILES string of the molecule is Cc1cc(C(C)(C)C)ccc1N1c2cc3c(cc2B2c4cc5c(cc4N(c4cccc6c4Cc4ccccc4-6)c4cc(N(c6ccc(C(C)(C)C)cc6)c6ccc(C(C)(C)C)cc6)cc1c42)C(C)(C)c1ccccc1C5(C)C)C(C)(C)CC3(C)C. The van der Waals surface area contributed by atoms with Crippen LogP contribution in [0.5, 0.6) is 0 Å². The molecule has 9 aromatic rings. The maximum Gasteiger partial charge on any atom is 0.252 e. The second-order valence-corrected chi connectivity index (χ2v) is 31.5. The van der Waals surface area contributed by atoms with Gasteiger partial charge in [-0.05, 0) is 195 Å². The van der Waals surface area contributed by atoms with Crippen LogP contribution in [0.2, 0.25) is 0 Å². The molecule has 0 radical (unpaired) electrons. The van der Waals surface area contributed by atoms with Crippen LogP contribution < -0.4 is 31.1 Å². The highest BCUT2D eigenvalue weighted by Gasteiger charge is 2.51. The number of fused-ring (bicyclic) bond motifs is 10. The summed E-state index contributed by atoms with van der Waals surface area (Å²) in [5.74, 6) is 0. The van der Waals surface area contributed by atoms with Crippen molar-refractivity contribution in [3.8, 4) is 11.1 Å². The molecule has 0 N–H and O–H groups in total. The lowest BCUT2D eigenvalue weighted by atomic mass is 9.32. The molecule has 2 heterocycles. The van der Waals surface area contributed by atoms with E-state index in [2.05, 4.69) is 309 Å². The van der Waals surface area contributed by atoms with Crippen molar-refractivity contribution in [2.45, 2.75) is 175 Å². The third-order valence-corrected chi connectivity index (χ3v) is 20.9. The summed E-state index contributed by atoms with van der Waals surface area (Å²) >= 11 is 0.